The molecule has 1 aromatic heterocycles. The van der Waals surface area contributed by atoms with Gasteiger partial charge in [0.25, 0.3) is 5.91 Å². The number of aromatic amines is 1. The lowest BCUT2D eigenvalue weighted by atomic mass is 9.98. The molecule has 0 saturated carbocycles. The van der Waals surface area contributed by atoms with Gasteiger partial charge in [0.05, 0.1) is 32.1 Å². The molecule has 17 N–H and O–H groups in total. The Hall–Kier alpha value is -9.40. The standard InChI is InChI=1S/C57H84N14O19/c1-8-10-34(64-54(87)41-11-9-20-71(41)57(90)46(29(4)5)70-55(88)45(28(2)3)69-50(83)36(17-19-44(78)79)65-49(82)35(62-31(7)74)16-18-43(76)77)47(80)56(89)60-24-42(75)63-40(26-73)53(86)67-38(22-33-23-59-27-61-33)52(85)66-37(21-32-14-12-30(6)13-15-32)51(84)68-39(25-72)48(58)81/h12-15,23,27-29,34-41,45-46,72-73H,8-11,16-22,24-26H2,1-7H3,(H2,58,81)(H,59,61)(H,60,89)(H,62,74)(H,63,75)(H,64,87)(H,65,82)(H,66,85)(H,67,86)(H,68,84)(H,69,83)(H,70,88)(H,76,77)(H,78,79)/t34-,35-,36-,37-,38-,39?,40+,41-,45-,46-/m0/s1. The maximum absolute atomic E-state index is 14.3. The van der Waals surface area contributed by atoms with Crippen LogP contribution in [-0.4, -0.2) is 211 Å². The Kier molecular flexibility index (Phi) is 30.6. The number of hydrogen-bond donors (Lipinski definition) is 16. The number of amides is 12. The molecule has 33 nitrogen and oxygen atoms in total. The number of imidazole rings is 1. The molecule has 90 heavy (non-hydrogen) atoms. The molecule has 0 aliphatic carbocycles. The van der Waals surface area contributed by atoms with Crippen molar-refractivity contribution >= 4 is 88.6 Å². The van der Waals surface area contributed by atoms with Crippen LogP contribution < -0.4 is 58.9 Å². The molecule has 1 unspecified atom stereocenters. The molecule has 0 spiro atoms. The number of aliphatic hydroxyl groups is 2. The Morgan fingerprint density at radius 3 is 1.64 bits per heavy atom. The van der Waals surface area contributed by atoms with Crippen molar-refractivity contribution in [3.05, 3.63) is 53.6 Å². The summed E-state index contributed by atoms with van der Waals surface area (Å²) in [4.78, 5) is 205. The largest absolute Gasteiger partial charge is 0.481 e. The van der Waals surface area contributed by atoms with Crippen LogP contribution in [0.4, 0.5) is 0 Å². The van der Waals surface area contributed by atoms with Crippen molar-refractivity contribution in [2.45, 2.75) is 173 Å². The molecule has 3 rings (SSSR count). The van der Waals surface area contributed by atoms with Crippen LogP contribution in [-0.2, 0) is 84.8 Å². The van der Waals surface area contributed by atoms with E-state index in [2.05, 4.69) is 63.1 Å². The van der Waals surface area contributed by atoms with Crippen molar-refractivity contribution in [1.82, 2.24) is 68.0 Å². The molecule has 1 aliphatic rings. The van der Waals surface area contributed by atoms with Crippen LogP contribution in [0.3, 0.4) is 0 Å². The zero-order chi connectivity index (χ0) is 67.5. The molecular weight excluding hydrogens is 1180 g/mol. The number of aliphatic carboxylic acids is 2. The monoisotopic (exact) mass is 1270 g/mol. The summed E-state index contributed by atoms with van der Waals surface area (Å²) >= 11 is 0. The number of aryl methyl sites for hydroxylation is 1. The van der Waals surface area contributed by atoms with E-state index in [1.165, 1.54) is 17.4 Å². The summed E-state index contributed by atoms with van der Waals surface area (Å²) in [6.07, 6.45) is 0.728. The van der Waals surface area contributed by atoms with E-state index in [4.69, 9.17) is 10.8 Å². The fraction of sp³-hybridized carbons (Fsp3) is 0.579. The van der Waals surface area contributed by atoms with E-state index in [0.717, 1.165) is 12.5 Å². The maximum atomic E-state index is 14.3. The van der Waals surface area contributed by atoms with Crippen LogP contribution in [0.5, 0.6) is 0 Å². The first kappa shape index (κ1) is 74.9. The first-order chi connectivity index (χ1) is 42.4. The minimum atomic E-state index is -1.77. The summed E-state index contributed by atoms with van der Waals surface area (Å²) < 4.78 is 0. The molecular formula is C57H84N14O19. The molecule has 1 aromatic carbocycles. The molecule has 0 bridgehead atoms. The average molecular weight is 1270 g/mol. The zero-order valence-corrected chi connectivity index (χ0v) is 51.2. The topological polar surface area (TPSA) is 515 Å². The average Bonchev–Trinajstić information content (AvgIpc) is 2.23. The second-order valence-electron chi connectivity index (χ2n) is 22.3. The van der Waals surface area contributed by atoms with Crippen molar-refractivity contribution in [1.29, 1.82) is 0 Å². The van der Waals surface area contributed by atoms with E-state index in [1.54, 1.807) is 58.9 Å². The highest BCUT2D eigenvalue weighted by atomic mass is 16.4. The predicted molar refractivity (Wildman–Crippen MR) is 315 cm³/mol. The van der Waals surface area contributed by atoms with Crippen molar-refractivity contribution in [2.75, 3.05) is 26.3 Å². The number of rotatable bonds is 38. The van der Waals surface area contributed by atoms with Crippen LogP contribution in [0.2, 0.25) is 0 Å². The first-order valence-corrected chi connectivity index (χ1v) is 29.2. The third-order valence-electron chi connectivity index (χ3n) is 14.3. The number of likely N-dealkylation sites (tertiary alicyclic amines) is 1. The SMILES string of the molecule is CCC[C@H](NC(=O)[C@@H]1CCCN1C(=O)[C@@H](NC(=O)[C@@H](NC(=O)[C@H](CCC(=O)O)NC(=O)[C@H](CCC(=O)O)NC(C)=O)C(C)C)C(C)C)C(=O)C(=O)NCC(=O)N[C@H](CO)C(=O)N[C@@H](Cc1cnc[nH]1)C(=O)N[C@@H](Cc1ccc(C)cc1)C(=O)NC(CO)C(N)=O. The summed E-state index contributed by atoms with van der Waals surface area (Å²) in [6.45, 7) is 8.03. The number of carbonyl (C=O) groups excluding carboxylic acids is 13. The fourth-order valence-corrected chi connectivity index (χ4v) is 9.31. The Labute approximate surface area is 518 Å². The molecule has 0 radical (unpaired) electrons. The highest BCUT2D eigenvalue weighted by molar-refractivity contribution is 6.38. The lowest BCUT2D eigenvalue weighted by molar-refractivity contribution is -0.144. The van der Waals surface area contributed by atoms with Gasteiger partial charge in [-0.1, -0.05) is 70.9 Å². The Morgan fingerprint density at radius 1 is 0.622 bits per heavy atom. The van der Waals surface area contributed by atoms with Crippen LogP contribution in [0.15, 0.2) is 36.8 Å². The number of benzene rings is 1. The van der Waals surface area contributed by atoms with Gasteiger partial charge in [-0.15, -0.1) is 0 Å². The number of carbonyl (C=O) groups is 15. The third kappa shape index (κ3) is 24.3. The second-order valence-corrected chi connectivity index (χ2v) is 22.3. The molecule has 10 atom stereocenters. The van der Waals surface area contributed by atoms with E-state index in [0.29, 0.717) is 17.7 Å². The van der Waals surface area contributed by atoms with Gasteiger partial charge in [-0.2, -0.15) is 0 Å². The Morgan fingerprint density at radius 2 is 1.13 bits per heavy atom. The number of nitrogens with zero attached hydrogens (tertiary/aromatic N) is 2. The molecule has 1 saturated heterocycles. The van der Waals surface area contributed by atoms with Gasteiger partial charge in [-0.05, 0) is 56.4 Å². The quantitative estimate of drug-likeness (QED) is 0.0280. The number of ketones is 1. The van der Waals surface area contributed by atoms with Crippen LogP contribution in [0.1, 0.15) is 110 Å². The first-order valence-electron chi connectivity index (χ1n) is 29.2. The van der Waals surface area contributed by atoms with Gasteiger partial charge in [0.15, 0.2) is 0 Å². The van der Waals surface area contributed by atoms with E-state index in [9.17, 15) is 87.2 Å². The highest BCUT2D eigenvalue weighted by Crippen LogP contribution is 2.22. The number of H-pyrrole nitrogens is 1. The van der Waals surface area contributed by atoms with Crippen molar-refractivity contribution < 1.29 is 92.3 Å². The number of nitrogens with one attached hydrogen (secondary N) is 11. The summed E-state index contributed by atoms with van der Waals surface area (Å²) in [6, 6.07) is -7.77. The maximum Gasteiger partial charge on any atom is 0.303 e. The lowest BCUT2D eigenvalue weighted by Gasteiger charge is -2.33. The van der Waals surface area contributed by atoms with Crippen LogP contribution in [0.25, 0.3) is 0 Å². The smallest absolute Gasteiger partial charge is 0.303 e. The number of Topliss-reactive ketones (excluding diaryl/α,β-unsaturated/α-hetero) is 1. The zero-order valence-electron chi connectivity index (χ0n) is 51.2. The molecule has 33 heteroatoms. The van der Waals surface area contributed by atoms with Gasteiger partial charge in [-0.25, -0.2) is 4.98 Å². The predicted octanol–water partition coefficient (Wildman–Crippen LogP) is -5.13. The number of aromatic nitrogens is 2. The van der Waals surface area contributed by atoms with Crippen molar-refractivity contribution in [2.24, 2.45) is 17.6 Å². The summed E-state index contributed by atoms with van der Waals surface area (Å²) in [7, 11) is 0. The Balaban J connectivity index is 1.71. The minimum absolute atomic E-state index is 0.0179. The molecule has 12 amide bonds. The van der Waals surface area contributed by atoms with E-state index in [-0.39, 0.29) is 45.1 Å². The molecule has 2 heterocycles. The number of carboxylic acid groups (broad SMARTS) is 2. The van der Waals surface area contributed by atoms with E-state index >= 15 is 0 Å². The number of hydrogen-bond acceptors (Lipinski definition) is 18. The summed E-state index contributed by atoms with van der Waals surface area (Å²) in [5.41, 5.74) is 7.09. The molecule has 1 fully saturated rings. The van der Waals surface area contributed by atoms with Crippen LogP contribution in [0, 0.1) is 18.8 Å². The number of aliphatic hydroxyl groups excluding tert-OH is 2. The molecule has 496 valence electrons. The lowest BCUT2D eigenvalue weighted by Crippen LogP contribution is -2.61. The molecule has 2 aromatic rings. The number of nitrogens with two attached hydrogens (primary N) is 1. The fourth-order valence-electron chi connectivity index (χ4n) is 9.31. The normalized spacial score (nSPS) is 15.8. The second kappa shape index (κ2) is 36.8. The van der Waals surface area contributed by atoms with Crippen LogP contribution >= 0.6 is 0 Å². The van der Waals surface area contributed by atoms with E-state index in [1.807, 2.05) is 6.92 Å². The summed E-state index contributed by atoms with van der Waals surface area (Å²) in [5, 5.41) is 62.3. The van der Waals surface area contributed by atoms with Crippen molar-refractivity contribution in [3.8, 4) is 0 Å². The van der Waals surface area contributed by atoms with Crippen molar-refractivity contribution in [3.63, 3.8) is 0 Å². The van der Waals surface area contributed by atoms with Gasteiger partial charge < -0.3 is 89.2 Å². The number of carboxylic acids is 2. The van der Waals surface area contributed by atoms with Gasteiger partial charge in [-0.3, -0.25) is 71.9 Å². The highest BCUT2D eigenvalue weighted by Gasteiger charge is 2.42. The minimum Gasteiger partial charge on any atom is -0.481 e. The van der Waals surface area contributed by atoms with Gasteiger partial charge >= 0.3 is 11.9 Å². The summed E-state index contributed by atoms with van der Waals surface area (Å²) in [5.74, 6) is -16.8. The molecule has 1 aliphatic heterocycles. The van der Waals surface area contributed by atoms with Gasteiger partial charge in [0.2, 0.25) is 70.8 Å². The van der Waals surface area contributed by atoms with Gasteiger partial charge in [0.1, 0.15) is 54.4 Å². The Bertz CT molecular complexity index is 2890. The van der Waals surface area contributed by atoms with E-state index < -0.39 is 200 Å². The number of primary amides is 1. The third-order valence-corrected chi connectivity index (χ3v) is 14.3. The van der Waals surface area contributed by atoms with Gasteiger partial charge in [0, 0.05) is 51.0 Å².